The summed E-state index contributed by atoms with van der Waals surface area (Å²) in [5.41, 5.74) is -1.22. The Morgan fingerprint density at radius 3 is 2.80 bits per heavy atom. The summed E-state index contributed by atoms with van der Waals surface area (Å²) in [6.07, 6.45) is 4.52. The number of aliphatic carboxylic acids is 1. The first kappa shape index (κ1) is 10.6. The molecule has 84 valence electrons. The van der Waals surface area contributed by atoms with Crippen molar-refractivity contribution in [2.75, 3.05) is 12.3 Å². The molecule has 1 fully saturated rings. The minimum absolute atomic E-state index is 0.0813. The van der Waals surface area contributed by atoms with Gasteiger partial charge in [0.15, 0.2) is 0 Å². The number of carbonyl (C=O) groups is 1. The van der Waals surface area contributed by atoms with Crippen LogP contribution in [0.5, 0.6) is 0 Å². The van der Waals surface area contributed by atoms with Gasteiger partial charge >= 0.3 is 5.97 Å². The van der Waals surface area contributed by atoms with Gasteiger partial charge in [-0.25, -0.2) is 8.42 Å². The van der Waals surface area contributed by atoms with Crippen LogP contribution in [0.2, 0.25) is 0 Å². The standard InChI is InChI=1S/C9H13NO4S/c11-8(12)9-4-1-2-7-15(13,14)10(9)6-3-5-9/h1-2H,3-7H2,(H,11,12)/t9-/m1/s1. The Morgan fingerprint density at radius 1 is 1.40 bits per heavy atom. The zero-order valence-corrected chi connectivity index (χ0v) is 9.03. The molecule has 0 spiro atoms. The Morgan fingerprint density at radius 2 is 2.13 bits per heavy atom. The van der Waals surface area contributed by atoms with Gasteiger partial charge in [-0.1, -0.05) is 12.2 Å². The van der Waals surface area contributed by atoms with Gasteiger partial charge in [0.1, 0.15) is 5.54 Å². The zero-order chi connectivity index (χ0) is 11.1. The second-order valence-electron chi connectivity index (χ2n) is 3.97. The summed E-state index contributed by atoms with van der Waals surface area (Å²) in [6, 6.07) is 0. The summed E-state index contributed by atoms with van der Waals surface area (Å²) in [5.74, 6) is -1.11. The van der Waals surface area contributed by atoms with Crippen molar-refractivity contribution < 1.29 is 18.3 Å². The summed E-state index contributed by atoms with van der Waals surface area (Å²) in [4.78, 5) is 11.3. The lowest BCUT2D eigenvalue weighted by Gasteiger charge is -2.31. The number of hydrogen-bond acceptors (Lipinski definition) is 3. The molecule has 6 heteroatoms. The van der Waals surface area contributed by atoms with Crippen molar-refractivity contribution >= 4 is 16.0 Å². The van der Waals surface area contributed by atoms with Crippen LogP contribution in [0.4, 0.5) is 0 Å². The van der Waals surface area contributed by atoms with Crippen LogP contribution >= 0.6 is 0 Å². The molecular weight excluding hydrogens is 218 g/mol. The van der Waals surface area contributed by atoms with E-state index in [0.29, 0.717) is 19.4 Å². The molecule has 2 rings (SSSR count). The SMILES string of the molecule is O=C(O)[C@]12CC=CCS(=O)(=O)N1CCC2. The van der Waals surface area contributed by atoms with Gasteiger partial charge in [-0.15, -0.1) is 0 Å². The second kappa shape index (κ2) is 3.31. The number of carboxylic acid groups (broad SMARTS) is 1. The van der Waals surface area contributed by atoms with Gasteiger partial charge in [0.2, 0.25) is 10.0 Å². The van der Waals surface area contributed by atoms with Crippen LogP contribution in [-0.2, 0) is 14.8 Å². The summed E-state index contributed by atoms with van der Waals surface area (Å²) in [5, 5.41) is 9.22. The molecule has 1 N–H and O–H groups in total. The molecule has 2 aliphatic rings. The minimum atomic E-state index is -3.43. The van der Waals surface area contributed by atoms with Gasteiger partial charge in [-0.3, -0.25) is 4.79 Å². The van der Waals surface area contributed by atoms with E-state index in [0.717, 1.165) is 0 Å². The molecule has 0 radical (unpaired) electrons. The number of hydrogen-bond donors (Lipinski definition) is 1. The van der Waals surface area contributed by atoms with E-state index in [4.69, 9.17) is 0 Å². The number of fused-ring (bicyclic) bond motifs is 1. The summed E-state index contributed by atoms with van der Waals surface area (Å²) < 4.78 is 24.8. The fourth-order valence-corrected chi connectivity index (χ4v) is 4.06. The van der Waals surface area contributed by atoms with E-state index >= 15 is 0 Å². The van der Waals surface area contributed by atoms with Crippen LogP contribution in [0.15, 0.2) is 12.2 Å². The third kappa shape index (κ3) is 1.48. The number of carboxylic acids is 1. The molecule has 5 nitrogen and oxygen atoms in total. The molecule has 0 aromatic carbocycles. The third-order valence-corrected chi connectivity index (χ3v) is 4.91. The molecule has 0 aliphatic carbocycles. The van der Waals surface area contributed by atoms with Gasteiger partial charge in [-0.05, 0) is 19.3 Å². The highest BCUT2D eigenvalue weighted by molar-refractivity contribution is 7.89. The highest BCUT2D eigenvalue weighted by Crippen LogP contribution is 2.37. The molecule has 1 atom stereocenters. The number of sulfonamides is 1. The monoisotopic (exact) mass is 231 g/mol. The van der Waals surface area contributed by atoms with Crippen molar-refractivity contribution in [3.8, 4) is 0 Å². The quantitative estimate of drug-likeness (QED) is 0.654. The van der Waals surface area contributed by atoms with E-state index in [-0.39, 0.29) is 12.2 Å². The topological polar surface area (TPSA) is 74.7 Å². The van der Waals surface area contributed by atoms with Crippen molar-refractivity contribution in [1.29, 1.82) is 0 Å². The predicted molar refractivity (Wildman–Crippen MR) is 53.9 cm³/mol. The van der Waals surface area contributed by atoms with Crippen LogP contribution < -0.4 is 0 Å². The van der Waals surface area contributed by atoms with E-state index in [9.17, 15) is 18.3 Å². The fraction of sp³-hybridized carbons (Fsp3) is 0.667. The zero-order valence-electron chi connectivity index (χ0n) is 8.22. The number of nitrogens with zero attached hydrogens (tertiary/aromatic N) is 1. The molecule has 1 saturated heterocycles. The molecule has 0 saturated carbocycles. The van der Waals surface area contributed by atoms with E-state index in [2.05, 4.69) is 0 Å². The maximum atomic E-state index is 11.8. The van der Waals surface area contributed by atoms with Crippen LogP contribution in [0.1, 0.15) is 19.3 Å². The Balaban J connectivity index is 2.51. The van der Waals surface area contributed by atoms with Crippen LogP contribution in [0.3, 0.4) is 0 Å². The highest BCUT2D eigenvalue weighted by Gasteiger charge is 2.52. The van der Waals surface area contributed by atoms with Crippen molar-refractivity contribution in [3.05, 3.63) is 12.2 Å². The Labute approximate surface area is 88.4 Å². The normalized spacial score (nSPS) is 34.7. The average Bonchev–Trinajstić information content (AvgIpc) is 2.53. The number of rotatable bonds is 1. The molecule has 15 heavy (non-hydrogen) atoms. The first-order chi connectivity index (χ1) is 6.99. The van der Waals surface area contributed by atoms with Crippen molar-refractivity contribution in [1.82, 2.24) is 4.31 Å². The van der Waals surface area contributed by atoms with E-state index in [1.54, 1.807) is 12.2 Å². The molecule has 0 aromatic heterocycles. The molecule has 2 heterocycles. The van der Waals surface area contributed by atoms with Crippen molar-refractivity contribution in [3.63, 3.8) is 0 Å². The van der Waals surface area contributed by atoms with E-state index in [1.807, 2.05) is 0 Å². The van der Waals surface area contributed by atoms with Gasteiger partial charge in [0, 0.05) is 6.54 Å². The lowest BCUT2D eigenvalue weighted by atomic mass is 9.93. The molecular formula is C9H13NO4S. The molecule has 0 bridgehead atoms. The Bertz CT molecular complexity index is 414. The second-order valence-corrected chi connectivity index (χ2v) is 5.90. The maximum absolute atomic E-state index is 11.8. The predicted octanol–water partition coefficient (Wildman–Crippen LogP) is 0.195. The van der Waals surface area contributed by atoms with Gasteiger partial charge in [0.25, 0.3) is 0 Å². The molecule has 0 unspecified atom stereocenters. The van der Waals surface area contributed by atoms with E-state index < -0.39 is 21.5 Å². The molecule has 0 aromatic rings. The highest BCUT2D eigenvalue weighted by atomic mass is 32.2. The van der Waals surface area contributed by atoms with Crippen LogP contribution in [0, 0.1) is 0 Å². The summed E-state index contributed by atoms with van der Waals surface area (Å²) in [6.45, 7) is 0.330. The molecule has 2 aliphatic heterocycles. The van der Waals surface area contributed by atoms with Crippen LogP contribution in [0.25, 0.3) is 0 Å². The first-order valence-corrected chi connectivity index (χ1v) is 6.49. The summed E-state index contributed by atoms with van der Waals surface area (Å²) >= 11 is 0. The third-order valence-electron chi connectivity index (χ3n) is 3.09. The van der Waals surface area contributed by atoms with Crippen LogP contribution in [-0.4, -0.2) is 41.6 Å². The van der Waals surface area contributed by atoms with Gasteiger partial charge in [-0.2, -0.15) is 4.31 Å². The Kier molecular flexibility index (Phi) is 2.35. The van der Waals surface area contributed by atoms with Crippen molar-refractivity contribution in [2.45, 2.75) is 24.8 Å². The lowest BCUT2D eigenvalue weighted by molar-refractivity contribution is -0.146. The van der Waals surface area contributed by atoms with Gasteiger partial charge in [0.05, 0.1) is 5.75 Å². The molecule has 0 amide bonds. The first-order valence-electron chi connectivity index (χ1n) is 4.88. The average molecular weight is 231 g/mol. The minimum Gasteiger partial charge on any atom is -0.480 e. The van der Waals surface area contributed by atoms with Gasteiger partial charge < -0.3 is 5.11 Å². The smallest absolute Gasteiger partial charge is 0.325 e. The lowest BCUT2D eigenvalue weighted by Crippen LogP contribution is -2.52. The summed E-state index contributed by atoms with van der Waals surface area (Å²) in [7, 11) is -3.43. The van der Waals surface area contributed by atoms with E-state index in [1.165, 1.54) is 4.31 Å². The Hall–Kier alpha value is -0.880. The fourth-order valence-electron chi connectivity index (χ4n) is 2.32. The maximum Gasteiger partial charge on any atom is 0.325 e. The van der Waals surface area contributed by atoms with Crippen molar-refractivity contribution in [2.24, 2.45) is 0 Å². The largest absolute Gasteiger partial charge is 0.480 e.